The van der Waals surface area contributed by atoms with Crippen molar-refractivity contribution in [1.29, 1.82) is 0 Å². The second-order valence-electron chi connectivity index (χ2n) is 4.51. The molecule has 2 heterocycles. The van der Waals surface area contributed by atoms with E-state index in [0.717, 1.165) is 29.0 Å². The highest BCUT2D eigenvalue weighted by Gasteiger charge is 2.08. The van der Waals surface area contributed by atoms with Crippen LogP contribution in [0.4, 0.5) is 5.69 Å². The van der Waals surface area contributed by atoms with Crippen molar-refractivity contribution in [3.05, 3.63) is 18.0 Å². The molecule has 5 nitrogen and oxygen atoms in total. The zero-order chi connectivity index (χ0) is 13.1. The van der Waals surface area contributed by atoms with Gasteiger partial charge in [0.1, 0.15) is 0 Å². The highest BCUT2D eigenvalue weighted by Crippen LogP contribution is 2.19. The third kappa shape index (κ3) is 2.61. The Bertz CT molecular complexity index is 535. The number of aromatic nitrogens is 3. The van der Waals surface area contributed by atoms with Gasteiger partial charge in [-0.3, -0.25) is 4.68 Å². The molecule has 0 aliphatic rings. The Labute approximate surface area is 107 Å². The summed E-state index contributed by atoms with van der Waals surface area (Å²) in [7, 11) is 1.91. The van der Waals surface area contributed by atoms with Crippen LogP contribution in [-0.4, -0.2) is 34.0 Å². The molecule has 0 spiro atoms. The summed E-state index contributed by atoms with van der Waals surface area (Å²) in [4.78, 5) is 4.43. The van der Waals surface area contributed by atoms with Crippen LogP contribution in [0.15, 0.2) is 12.3 Å². The van der Waals surface area contributed by atoms with Gasteiger partial charge in [-0.05, 0) is 26.8 Å². The van der Waals surface area contributed by atoms with E-state index in [1.54, 1.807) is 4.68 Å². The quantitative estimate of drug-likeness (QED) is 0.880. The van der Waals surface area contributed by atoms with Crippen LogP contribution >= 0.6 is 0 Å². The predicted molar refractivity (Wildman–Crippen MR) is 72.8 cm³/mol. The molecule has 1 N–H and O–H groups in total. The third-order valence-corrected chi connectivity index (χ3v) is 2.85. The molecule has 0 bridgehead atoms. The van der Waals surface area contributed by atoms with E-state index in [0.29, 0.717) is 6.61 Å². The van der Waals surface area contributed by atoms with Crippen LogP contribution in [0.3, 0.4) is 0 Å². The molecule has 0 unspecified atom stereocenters. The van der Waals surface area contributed by atoms with Crippen molar-refractivity contribution in [2.24, 2.45) is 7.05 Å². The Morgan fingerprint density at radius 1 is 1.50 bits per heavy atom. The molecule has 0 fully saturated rings. The number of nitrogens with one attached hydrogen (secondary N) is 1. The molecule has 0 amide bonds. The maximum atomic E-state index is 5.38. The summed E-state index contributed by atoms with van der Waals surface area (Å²) in [6, 6.07) is 2.36. The zero-order valence-electron chi connectivity index (χ0n) is 11.4. The molecule has 5 heteroatoms. The number of nitrogens with zero attached hydrogens (tertiary/aromatic N) is 3. The lowest BCUT2D eigenvalue weighted by molar-refractivity contribution is 0.141. The summed E-state index contributed by atoms with van der Waals surface area (Å²) in [5.41, 5.74) is 2.92. The Balaban J connectivity index is 2.17. The van der Waals surface area contributed by atoms with Gasteiger partial charge in [-0.25, -0.2) is 4.98 Å². The SMILES string of the molecule is CCOC[C@H](C)Nc1cnc2c(c1)c(C)nn2C. The average Bonchev–Trinajstić information content (AvgIpc) is 2.62. The largest absolute Gasteiger partial charge is 0.380 e. The van der Waals surface area contributed by atoms with Crippen molar-refractivity contribution in [3.63, 3.8) is 0 Å². The topological polar surface area (TPSA) is 52.0 Å². The summed E-state index contributed by atoms with van der Waals surface area (Å²) in [6.07, 6.45) is 1.84. The summed E-state index contributed by atoms with van der Waals surface area (Å²) in [6.45, 7) is 7.53. The molecular formula is C13H20N4O. The maximum Gasteiger partial charge on any atom is 0.157 e. The molecule has 0 saturated heterocycles. The first kappa shape index (κ1) is 12.8. The summed E-state index contributed by atoms with van der Waals surface area (Å²) in [5, 5.41) is 8.83. The zero-order valence-corrected chi connectivity index (χ0v) is 11.4. The van der Waals surface area contributed by atoms with Gasteiger partial charge in [0.15, 0.2) is 5.65 Å². The number of pyridine rings is 1. The van der Waals surface area contributed by atoms with Crippen LogP contribution in [0.25, 0.3) is 11.0 Å². The molecule has 2 aromatic rings. The van der Waals surface area contributed by atoms with Crippen molar-refractivity contribution in [1.82, 2.24) is 14.8 Å². The Kier molecular flexibility index (Phi) is 3.81. The lowest BCUT2D eigenvalue weighted by Gasteiger charge is -2.14. The Morgan fingerprint density at radius 2 is 2.28 bits per heavy atom. The third-order valence-electron chi connectivity index (χ3n) is 2.85. The fourth-order valence-corrected chi connectivity index (χ4v) is 2.01. The number of hydrogen-bond acceptors (Lipinski definition) is 4. The van der Waals surface area contributed by atoms with E-state index in [1.807, 2.05) is 27.1 Å². The van der Waals surface area contributed by atoms with Gasteiger partial charge in [-0.15, -0.1) is 0 Å². The molecule has 2 aromatic heterocycles. The first-order valence-electron chi connectivity index (χ1n) is 6.25. The first-order valence-corrected chi connectivity index (χ1v) is 6.25. The van der Waals surface area contributed by atoms with Crippen LogP contribution in [0.2, 0.25) is 0 Å². The molecule has 0 aromatic carbocycles. The second-order valence-corrected chi connectivity index (χ2v) is 4.51. The van der Waals surface area contributed by atoms with Crippen LogP contribution in [0, 0.1) is 6.92 Å². The minimum absolute atomic E-state index is 0.265. The minimum atomic E-state index is 0.265. The first-order chi connectivity index (χ1) is 8.61. The smallest absolute Gasteiger partial charge is 0.157 e. The van der Waals surface area contributed by atoms with Crippen molar-refractivity contribution in [2.75, 3.05) is 18.5 Å². The van der Waals surface area contributed by atoms with Crippen LogP contribution in [-0.2, 0) is 11.8 Å². The van der Waals surface area contributed by atoms with Gasteiger partial charge in [0.2, 0.25) is 0 Å². The average molecular weight is 248 g/mol. The summed E-state index contributed by atoms with van der Waals surface area (Å²) >= 11 is 0. The molecule has 1 atom stereocenters. The number of fused-ring (bicyclic) bond motifs is 1. The van der Waals surface area contributed by atoms with Gasteiger partial charge in [0, 0.05) is 25.1 Å². The molecule has 0 saturated carbocycles. The van der Waals surface area contributed by atoms with Crippen molar-refractivity contribution in [2.45, 2.75) is 26.8 Å². The van der Waals surface area contributed by atoms with E-state index in [9.17, 15) is 0 Å². The van der Waals surface area contributed by atoms with Crippen LogP contribution in [0.5, 0.6) is 0 Å². The lowest BCUT2D eigenvalue weighted by Crippen LogP contribution is -2.21. The molecule has 0 aliphatic carbocycles. The Morgan fingerprint density at radius 3 is 3.00 bits per heavy atom. The molecule has 0 aliphatic heterocycles. The highest BCUT2D eigenvalue weighted by atomic mass is 16.5. The molecule has 2 rings (SSSR count). The van der Waals surface area contributed by atoms with E-state index in [2.05, 4.69) is 28.4 Å². The van der Waals surface area contributed by atoms with Gasteiger partial charge >= 0.3 is 0 Å². The highest BCUT2D eigenvalue weighted by molar-refractivity contribution is 5.81. The van der Waals surface area contributed by atoms with Gasteiger partial charge in [-0.2, -0.15) is 5.10 Å². The fraction of sp³-hybridized carbons (Fsp3) is 0.538. The monoisotopic (exact) mass is 248 g/mol. The molecule has 98 valence electrons. The van der Waals surface area contributed by atoms with Gasteiger partial charge < -0.3 is 10.1 Å². The molecule has 18 heavy (non-hydrogen) atoms. The van der Waals surface area contributed by atoms with Gasteiger partial charge in [-0.1, -0.05) is 0 Å². The van der Waals surface area contributed by atoms with Gasteiger partial charge in [0.25, 0.3) is 0 Å². The summed E-state index contributed by atoms with van der Waals surface area (Å²) < 4.78 is 7.19. The fourth-order valence-electron chi connectivity index (χ4n) is 2.01. The Hall–Kier alpha value is -1.62. The number of rotatable bonds is 5. The van der Waals surface area contributed by atoms with Crippen molar-refractivity contribution >= 4 is 16.7 Å². The molecule has 0 radical (unpaired) electrons. The number of anilines is 1. The number of ether oxygens (including phenoxy) is 1. The lowest BCUT2D eigenvalue weighted by atomic mass is 10.2. The molecular weight excluding hydrogens is 228 g/mol. The van der Waals surface area contributed by atoms with E-state index in [-0.39, 0.29) is 6.04 Å². The van der Waals surface area contributed by atoms with E-state index in [4.69, 9.17) is 4.74 Å². The minimum Gasteiger partial charge on any atom is -0.380 e. The normalized spacial score (nSPS) is 12.9. The van der Waals surface area contributed by atoms with Crippen molar-refractivity contribution < 1.29 is 4.74 Å². The summed E-state index contributed by atoms with van der Waals surface area (Å²) in [5.74, 6) is 0. The van der Waals surface area contributed by atoms with E-state index >= 15 is 0 Å². The van der Waals surface area contributed by atoms with Gasteiger partial charge in [0.05, 0.1) is 24.2 Å². The second kappa shape index (κ2) is 5.35. The van der Waals surface area contributed by atoms with E-state index < -0.39 is 0 Å². The standard InChI is InChI=1S/C13H20N4O/c1-5-18-8-9(2)15-11-6-12-10(3)16-17(4)13(12)14-7-11/h6-7,9,15H,5,8H2,1-4H3/t9-/m0/s1. The van der Waals surface area contributed by atoms with Crippen LogP contribution in [0.1, 0.15) is 19.5 Å². The predicted octanol–water partition coefficient (Wildman–Crippen LogP) is 2.11. The number of aryl methyl sites for hydroxylation is 2. The van der Waals surface area contributed by atoms with Crippen LogP contribution < -0.4 is 5.32 Å². The van der Waals surface area contributed by atoms with E-state index in [1.165, 1.54) is 0 Å². The van der Waals surface area contributed by atoms with Crippen molar-refractivity contribution in [3.8, 4) is 0 Å². The maximum absolute atomic E-state index is 5.38. The number of hydrogen-bond donors (Lipinski definition) is 1.